The van der Waals surface area contributed by atoms with E-state index in [0.29, 0.717) is 0 Å². The third-order valence-electron chi connectivity index (χ3n) is 3.67. The molecule has 0 fully saturated rings. The molecule has 0 bridgehead atoms. The van der Waals surface area contributed by atoms with Gasteiger partial charge >= 0.3 is 5.97 Å². The van der Waals surface area contributed by atoms with Crippen LogP contribution in [0.2, 0.25) is 0 Å². The Bertz CT molecular complexity index is 229. The van der Waals surface area contributed by atoms with Crippen LogP contribution in [0.3, 0.4) is 0 Å². The highest BCUT2D eigenvalue weighted by Gasteiger charge is 2.14. The molecule has 1 atom stereocenters. The Morgan fingerprint density at radius 1 is 0.900 bits per heavy atom. The molecule has 0 aliphatic carbocycles. The van der Waals surface area contributed by atoms with Gasteiger partial charge in [0.05, 0.1) is 5.92 Å². The van der Waals surface area contributed by atoms with Crippen molar-refractivity contribution in [3.8, 4) is 0 Å². The van der Waals surface area contributed by atoms with Crippen molar-refractivity contribution in [1.29, 1.82) is 0 Å². The molecule has 120 valence electrons. The number of rotatable bonds is 13. The topological polar surface area (TPSA) is 29.5 Å². The SMILES string of the molecule is CCCCCCCCCCCCC(C)C(=O)ON(C)C. The molecular weight excluding hydrogens is 250 g/mol. The Morgan fingerprint density at radius 3 is 1.80 bits per heavy atom. The highest BCUT2D eigenvalue weighted by Crippen LogP contribution is 2.14. The molecule has 0 rings (SSSR count). The lowest BCUT2D eigenvalue weighted by Crippen LogP contribution is -2.23. The molecule has 0 aromatic heterocycles. The second-order valence-corrected chi connectivity index (χ2v) is 6.09. The van der Waals surface area contributed by atoms with Crippen molar-refractivity contribution in [3.05, 3.63) is 0 Å². The molecule has 0 aliphatic heterocycles. The molecular formula is C17H35NO2. The van der Waals surface area contributed by atoms with Crippen LogP contribution >= 0.6 is 0 Å². The van der Waals surface area contributed by atoms with Gasteiger partial charge in [0, 0.05) is 14.1 Å². The van der Waals surface area contributed by atoms with Crippen LogP contribution in [-0.4, -0.2) is 25.1 Å². The minimum absolute atomic E-state index is 0.0199. The molecule has 0 heterocycles. The lowest BCUT2D eigenvalue weighted by molar-refractivity contribution is -0.183. The Hall–Kier alpha value is -0.570. The fraction of sp³-hybridized carbons (Fsp3) is 0.941. The zero-order chi connectivity index (χ0) is 15.2. The van der Waals surface area contributed by atoms with E-state index in [2.05, 4.69) is 6.92 Å². The first-order valence-electron chi connectivity index (χ1n) is 8.47. The molecule has 3 nitrogen and oxygen atoms in total. The predicted octanol–water partition coefficient (Wildman–Crippen LogP) is 4.95. The van der Waals surface area contributed by atoms with E-state index in [1.807, 2.05) is 6.92 Å². The third kappa shape index (κ3) is 12.5. The van der Waals surface area contributed by atoms with E-state index in [9.17, 15) is 4.79 Å². The summed E-state index contributed by atoms with van der Waals surface area (Å²) in [4.78, 5) is 16.6. The summed E-state index contributed by atoms with van der Waals surface area (Å²) < 4.78 is 0. The van der Waals surface area contributed by atoms with Crippen LogP contribution in [-0.2, 0) is 9.63 Å². The molecule has 20 heavy (non-hydrogen) atoms. The molecule has 0 amide bonds. The Labute approximate surface area is 126 Å². The first-order chi connectivity index (χ1) is 9.57. The second kappa shape index (κ2) is 13.4. The van der Waals surface area contributed by atoms with E-state index in [1.54, 1.807) is 14.1 Å². The monoisotopic (exact) mass is 285 g/mol. The van der Waals surface area contributed by atoms with Gasteiger partial charge < -0.3 is 4.84 Å². The fourth-order valence-electron chi connectivity index (χ4n) is 2.33. The van der Waals surface area contributed by atoms with Crippen LogP contribution in [0.4, 0.5) is 0 Å². The number of carbonyl (C=O) groups excluding carboxylic acids is 1. The maximum Gasteiger partial charge on any atom is 0.327 e. The molecule has 0 N–H and O–H groups in total. The van der Waals surface area contributed by atoms with Crippen molar-refractivity contribution < 1.29 is 9.63 Å². The normalized spacial score (nSPS) is 12.7. The van der Waals surface area contributed by atoms with Crippen molar-refractivity contribution in [2.45, 2.75) is 84.5 Å². The van der Waals surface area contributed by atoms with Gasteiger partial charge in [-0.05, 0) is 6.42 Å². The van der Waals surface area contributed by atoms with Crippen LogP contribution in [0.1, 0.15) is 84.5 Å². The summed E-state index contributed by atoms with van der Waals surface area (Å²) in [7, 11) is 3.48. The predicted molar refractivity (Wildman–Crippen MR) is 85.4 cm³/mol. The lowest BCUT2D eigenvalue weighted by atomic mass is 10.0. The van der Waals surface area contributed by atoms with Crippen LogP contribution < -0.4 is 0 Å². The Kier molecular flexibility index (Phi) is 13.0. The average molecular weight is 285 g/mol. The molecule has 0 saturated carbocycles. The van der Waals surface area contributed by atoms with Gasteiger partial charge in [-0.2, -0.15) is 0 Å². The average Bonchev–Trinajstić information content (AvgIpc) is 2.39. The van der Waals surface area contributed by atoms with E-state index >= 15 is 0 Å². The molecule has 0 saturated heterocycles. The van der Waals surface area contributed by atoms with E-state index in [1.165, 1.54) is 62.9 Å². The number of carbonyl (C=O) groups is 1. The summed E-state index contributed by atoms with van der Waals surface area (Å²) >= 11 is 0. The van der Waals surface area contributed by atoms with E-state index in [-0.39, 0.29) is 11.9 Å². The summed E-state index contributed by atoms with van der Waals surface area (Å²) in [6.07, 6.45) is 14.3. The van der Waals surface area contributed by atoms with Gasteiger partial charge in [-0.25, -0.2) is 0 Å². The molecule has 1 unspecified atom stereocenters. The molecule has 0 aliphatic rings. The van der Waals surface area contributed by atoms with Crippen molar-refractivity contribution in [2.24, 2.45) is 5.92 Å². The number of hydrogen-bond acceptors (Lipinski definition) is 3. The maximum atomic E-state index is 11.6. The van der Waals surface area contributed by atoms with Gasteiger partial charge in [-0.3, -0.25) is 4.79 Å². The third-order valence-corrected chi connectivity index (χ3v) is 3.67. The van der Waals surface area contributed by atoms with E-state index in [0.717, 1.165) is 12.8 Å². The summed E-state index contributed by atoms with van der Waals surface area (Å²) in [6.45, 7) is 4.22. The van der Waals surface area contributed by atoms with Gasteiger partial charge in [-0.15, -0.1) is 5.06 Å². The van der Waals surface area contributed by atoms with E-state index in [4.69, 9.17) is 4.84 Å². The zero-order valence-corrected chi connectivity index (χ0v) is 14.1. The summed E-state index contributed by atoms with van der Waals surface area (Å²) in [6, 6.07) is 0. The molecule has 0 radical (unpaired) electrons. The van der Waals surface area contributed by atoms with Crippen molar-refractivity contribution in [2.75, 3.05) is 14.1 Å². The van der Waals surface area contributed by atoms with Crippen LogP contribution in [0.25, 0.3) is 0 Å². The Morgan fingerprint density at radius 2 is 1.35 bits per heavy atom. The number of hydroxylamine groups is 2. The fourth-order valence-corrected chi connectivity index (χ4v) is 2.33. The van der Waals surface area contributed by atoms with Gasteiger partial charge in [0.2, 0.25) is 0 Å². The van der Waals surface area contributed by atoms with Crippen molar-refractivity contribution in [1.82, 2.24) is 5.06 Å². The van der Waals surface area contributed by atoms with Crippen molar-refractivity contribution in [3.63, 3.8) is 0 Å². The van der Waals surface area contributed by atoms with Crippen LogP contribution in [0, 0.1) is 5.92 Å². The van der Waals surface area contributed by atoms with Gasteiger partial charge in [0.1, 0.15) is 0 Å². The number of hydrogen-bond donors (Lipinski definition) is 0. The van der Waals surface area contributed by atoms with Crippen molar-refractivity contribution >= 4 is 5.97 Å². The number of unbranched alkanes of at least 4 members (excludes halogenated alkanes) is 9. The lowest BCUT2D eigenvalue weighted by Gasteiger charge is -2.14. The first kappa shape index (κ1) is 19.4. The van der Waals surface area contributed by atoms with Gasteiger partial charge in [0.15, 0.2) is 0 Å². The highest BCUT2D eigenvalue weighted by atomic mass is 16.7. The molecule has 3 heteroatoms. The van der Waals surface area contributed by atoms with Gasteiger partial charge in [0.25, 0.3) is 0 Å². The summed E-state index contributed by atoms with van der Waals surface area (Å²) in [5.74, 6) is -0.0858. The minimum Gasteiger partial charge on any atom is -0.368 e. The second-order valence-electron chi connectivity index (χ2n) is 6.09. The highest BCUT2D eigenvalue weighted by molar-refractivity contribution is 5.71. The smallest absolute Gasteiger partial charge is 0.327 e. The Balaban J connectivity index is 3.29. The zero-order valence-electron chi connectivity index (χ0n) is 14.1. The standard InChI is InChI=1S/C17H35NO2/c1-5-6-7-8-9-10-11-12-13-14-15-16(2)17(19)20-18(3)4/h16H,5-15H2,1-4H3. The first-order valence-corrected chi connectivity index (χ1v) is 8.47. The maximum absolute atomic E-state index is 11.6. The molecule has 0 aromatic carbocycles. The van der Waals surface area contributed by atoms with E-state index < -0.39 is 0 Å². The molecule has 0 aromatic rings. The minimum atomic E-state index is -0.106. The molecule has 0 spiro atoms. The van der Waals surface area contributed by atoms with Crippen LogP contribution in [0.5, 0.6) is 0 Å². The summed E-state index contributed by atoms with van der Waals surface area (Å²) in [5, 5.41) is 1.47. The number of nitrogens with zero attached hydrogens (tertiary/aromatic N) is 1. The van der Waals surface area contributed by atoms with Gasteiger partial charge in [-0.1, -0.05) is 78.1 Å². The summed E-state index contributed by atoms with van der Waals surface area (Å²) in [5.41, 5.74) is 0. The van der Waals surface area contributed by atoms with Crippen LogP contribution in [0.15, 0.2) is 0 Å². The quantitative estimate of drug-likeness (QED) is 0.354. The largest absolute Gasteiger partial charge is 0.368 e.